The summed E-state index contributed by atoms with van der Waals surface area (Å²) in [5.41, 5.74) is 1.60. The molecule has 1 atom stereocenters. The van der Waals surface area contributed by atoms with E-state index in [1.807, 2.05) is 4.90 Å². The maximum absolute atomic E-state index is 13.4. The Labute approximate surface area is 131 Å². The fourth-order valence-electron chi connectivity index (χ4n) is 2.64. The van der Waals surface area contributed by atoms with Crippen LogP contribution in [0.3, 0.4) is 0 Å². The molecule has 0 aliphatic rings. The zero-order valence-electron chi connectivity index (χ0n) is 12.6. The molecule has 0 aliphatic carbocycles. The van der Waals surface area contributed by atoms with Crippen molar-refractivity contribution in [3.63, 3.8) is 0 Å². The Balaban J connectivity index is 1.86. The standard InChI is InChI=1S/C16H17FN4O2/c1-20(14(10-22)11-3-2-4-12(17)7-11)9-13-8-16(23)21-15(19-13)5-6-18-21/h2-8,14,18,22H,9-10H2,1H3. The Kier molecular flexibility index (Phi) is 4.22. The number of aromatic amines is 1. The summed E-state index contributed by atoms with van der Waals surface area (Å²) in [6.07, 6.45) is 1.64. The maximum atomic E-state index is 13.4. The van der Waals surface area contributed by atoms with Crippen molar-refractivity contribution < 1.29 is 9.50 Å². The summed E-state index contributed by atoms with van der Waals surface area (Å²) in [6, 6.07) is 8.91. The van der Waals surface area contributed by atoms with Crippen LogP contribution in [0.25, 0.3) is 5.65 Å². The van der Waals surface area contributed by atoms with Crippen molar-refractivity contribution in [1.82, 2.24) is 19.5 Å². The second-order valence-corrected chi connectivity index (χ2v) is 5.41. The SMILES string of the molecule is CN(Cc1cc(=O)n2[nH]ccc2n1)C(CO)c1cccc(F)c1. The van der Waals surface area contributed by atoms with Crippen LogP contribution in [0.4, 0.5) is 4.39 Å². The molecule has 2 aromatic heterocycles. The molecule has 2 heterocycles. The average Bonchev–Trinajstić information content (AvgIpc) is 2.97. The van der Waals surface area contributed by atoms with Gasteiger partial charge in [0.15, 0.2) is 5.65 Å². The quantitative estimate of drug-likeness (QED) is 0.745. The van der Waals surface area contributed by atoms with Gasteiger partial charge in [-0.3, -0.25) is 14.8 Å². The smallest absolute Gasteiger partial charge is 0.272 e. The van der Waals surface area contributed by atoms with E-state index in [9.17, 15) is 14.3 Å². The minimum Gasteiger partial charge on any atom is -0.394 e. The van der Waals surface area contributed by atoms with Crippen LogP contribution in [0.5, 0.6) is 0 Å². The van der Waals surface area contributed by atoms with E-state index < -0.39 is 0 Å². The third-order valence-electron chi connectivity index (χ3n) is 3.78. The van der Waals surface area contributed by atoms with Gasteiger partial charge in [-0.2, -0.15) is 0 Å². The van der Waals surface area contributed by atoms with Crippen LogP contribution in [0, 0.1) is 5.82 Å². The minimum absolute atomic E-state index is 0.161. The third kappa shape index (κ3) is 3.15. The number of aliphatic hydroxyl groups is 1. The molecule has 0 bridgehead atoms. The molecule has 120 valence electrons. The summed E-state index contributed by atoms with van der Waals surface area (Å²) in [4.78, 5) is 18.2. The first-order chi connectivity index (χ1) is 11.1. The maximum Gasteiger partial charge on any atom is 0.272 e. The van der Waals surface area contributed by atoms with Gasteiger partial charge in [0, 0.05) is 24.9 Å². The van der Waals surface area contributed by atoms with Crippen molar-refractivity contribution in [2.24, 2.45) is 0 Å². The number of hydrogen-bond donors (Lipinski definition) is 2. The van der Waals surface area contributed by atoms with E-state index in [1.165, 1.54) is 22.7 Å². The lowest BCUT2D eigenvalue weighted by molar-refractivity contribution is 0.141. The van der Waals surface area contributed by atoms with Gasteiger partial charge < -0.3 is 5.11 Å². The molecule has 2 N–H and O–H groups in total. The van der Waals surface area contributed by atoms with Crippen LogP contribution in [0.2, 0.25) is 0 Å². The number of aromatic nitrogens is 3. The van der Waals surface area contributed by atoms with Crippen LogP contribution in [0.15, 0.2) is 47.4 Å². The number of H-pyrrole nitrogens is 1. The first kappa shape index (κ1) is 15.4. The van der Waals surface area contributed by atoms with Crippen molar-refractivity contribution in [2.75, 3.05) is 13.7 Å². The van der Waals surface area contributed by atoms with E-state index in [0.29, 0.717) is 23.4 Å². The summed E-state index contributed by atoms with van der Waals surface area (Å²) in [7, 11) is 1.80. The van der Waals surface area contributed by atoms with Crippen LogP contribution >= 0.6 is 0 Å². The zero-order chi connectivity index (χ0) is 16.4. The third-order valence-corrected chi connectivity index (χ3v) is 3.78. The molecule has 0 amide bonds. The molecule has 6 nitrogen and oxygen atoms in total. The van der Waals surface area contributed by atoms with E-state index in [-0.39, 0.29) is 24.0 Å². The van der Waals surface area contributed by atoms with Crippen LogP contribution in [-0.4, -0.2) is 38.3 Å². The highest BCUT2D eigenvalue weighted by Crippen LogP contribution is 2.21. The highest BCUT2D eigenvalue weighted by molar-refractivity contribution is 5.36. The van der Waals surface area contributed by atoms with Gasteiger partial charge in [-0.15, -0.1) is 0 Å². The molecule has 1 aromatic carbocycles. The first-order valence-electron chi connectivity index (χ1n) is 7.21. The lowest BCUT2D eigenvalue weighted by atomic mass is 10.1. The summed E-state index contributed by atoms with van der Waals surface area (Å²) in [5, 5.41) is 12.4. The van der Waals surface area contributed by atoms with Gasteiger partial charge in [-0.25, -0.2) is 13.9 Å². The first-order valence-corrected chi connectivity index (χ1v) is 7.21. The largest absolute Gasteiger partial charge is 0.394 e. The summed E-state index contributed by atoms with van der Waals surface area (Å²) in [5.74, 6) is -0.348. The molecule has 3 aromatic rings. The Morgan fingerprint density at radius 1 is 1.39 bits per heavy atom. The molecular weight excluding hydrogens is 299 g/mol. The monoisotopic (exact) mass is 316 g/mol. The van der Waals surface area contributed by atoms with Crippen molar-refractivity contribution in [1.29, 1.82) is 0 Å². The van der Waals surface area contributed by atoms with Gasteiger partial charge in [0.25, 0.3) is 5.56 Å². The Morgan fingerprint density at radius 2 is 2.22 bits per heavy atom. The van der Waals surface area contributed by atoms with E-state index >= 15 is 0 Å². The van der Waals surface area contributed by atoms with Gasteiger partial charge in [0.2, 0.25) is 0 Å². The molecule has 1 unspecified atom stereocenters. The highest BCUT2D eigenvalue weighted by atomic mass is 19.1. The van der Waals surface area contributed by atoms with Crippen molar-refractivity contribution in [2.45, 2.75) is 12.6 Å². The van der Waals surface area contributed by atoms with Crippen molar-refractivity contribution in [3.8, 4) is 0 Å². The molecule has 7 heteroatoms. The molecule has 0 fully saturated rings. The van der Waals surface area contributed by atoms with Crippen LogP contribution in [0.1, 0.15) is 17.3 Å². The van der Waals surface area contributed by atoms with Gasteiger partial charge in [0.05, 0.1) is 18.3 Å². The number of nitrogens with zero attached hydrogens (tertiary/aromatic N) is 3. The van der Waals surface area contributed by atoms with E-state index in [0.717, 1.165) is 0 Å². The number of rotatable bonds is 5. The van der Waals surface area contributed by atoms with Crippen molar-refractivity contribution in [3.05, 3.63) is 70.0 Å². The number of nitrogens with one attached hydrogen (secondary N) is 1. The van der Waals surface area contributed by atoms with Gasteiger partial charge in [-0.1, -0.05) is 12.1 Å². The summed E-state index contributed by atoms with van der Waals surface area (Å²) >= 11 is 0. The molecule has 23 heavy (non-hydrogen) atoms. The Hall–Kier alpha value is -2.51. The summed E-state index contributed by atoms with van der Waals surface area (Å²) in [6.45, 7) is 0.198. The van der Waals surface area contributed by atoms with Gasteiger partial charge >= 0.3 is 0 Å². The predicted molar refractivity (Wildman–Crippen MR) is 83.5 cm³/mol. The number of halogens is 1. The fourth-order valence-corrected chi connectivity index (χ4v) is 2.64. The fraction of sp³-hybridized carbons (Fsp3) is 0.250. The minimum atomic E-state index is -0.378. The number of fused-ring (bicyclic) bond motifs is 1. The molecule has 0 saturated carbocycles. The van der Waals surface area contributed by atoms with E-state index in [4.69, 9.17) is 0 Å². The Bertz CT molecular complexity index is 874. The Morgan fingerprint density at radius 3 is 2.96 bits per heavy atom. The van der Waals surface area contributed by atoms with E-state index in [2.05, 4.69) is 10.1 Å². The normalized spacial score (nSPS) is 12.9. The van der Waals surface area contributed by atoms with E-state index in [1.54, 1.807) is 31.4 Å². The topological polar surface area (TPSA) is 73.6 Å². The number of benzene rings is 1. The average molecular weight is 316 g/mol. The van der Waals surface area contributed by atoms with Crippen LogP contribution in [-0.2, 0) is 6.54 Å². The van der Waals surface area contributed by atoms with Gasteiger partial charge in [0.1, 0.15) is 5.82 Å². The van der Waals surface area contributed by atoms with Crippen molar-refractivity contribution >= 4 is 5.65 Å². The number of hydrogen-bond acceptors (Lipinski definition) is 4. The summed E-state index contributed by atoms with van der Waals surface area (Å²) < 4.78 is 14.7. The number of likely N-dealkylation sites (N-methyl/N-ethyl adjacent to an activating group) is 1. The molecular formula is C16H17FN4O2. The molecule has 0 radical (unpaired) electrons. The zero-order valence-corrected chi connectivity index (χ0v) is 12.6. The van der Waals surface area contributed by atoms with Gasteiger partial charge in [-0.05, 0) is 24.7 Å². The number of aliphatic hydroxyl groups excluding tert-OH is 1. The predicted octanol–water partition coefficient (Wildman–Crippen LogP) is 1.33. The second kappa shape index (κ2) is 6.31. The van der Waals surface area contributed by atoms with Crippen LogP contribution < -0.4 is 5.56 Å². The lowest BCUT2D eigenvalue weighted by Crippen LogP contribution is -2.28. The molecule has 0 spiro atoms. The molecule has 3 rings (SSSR count). The lowest BCUT2D eigenvalue weighted by Gasteiger charge is -2.26. The molecule has 0 saturated heterocycles. The second-order valence-electron chi connectivity index (χ2n) is 5.41. The highest BCUT2D eigenvalue weighted by Gasteiger charge is 2.18. The molecule has 0 aliphatic heterocycles.